The Morgan fingerprint density at radius 1 is 1.42 bits per heavy atom. The van der Waals surface area contributed by atoms with Gasteiger partial charge < -0.3 is 9.73 Å². The molecule has 0 aliphatic rings. The van der Waals surface area contributed by atoms with Crippen molar-refractivity contribution >= 4 is 17.0 Å². The van der Waals surface area contributed by atoms with E-state index in [1.54, 1.807) is 12.1 Å². The molecule has 0 spiro atoms. The largest absolute Gasteiger partial charge is 0.440 e. The van der Waals surface area contributed by atoms with Crippen LogP contribution in [0.3, 0.4) is 0 Å². The second-order valence-electron chi connectivity index (χ2n) is 5.00. The normalized spacial score (nSPS) is 11.2. The first-order valence-corrected chi connectivity index (χ1v) is 6.80. The number of fused-ring (bicyclic) bond motifs is 1. The third kappa shape index (κ3) is 3.13. The molecule has 1 aromatic heterocycles. The van der Waals surface area contributed by atoms with Gasteiger partial charge in [0, 0.05) is 18.0 Å². The van der Waals surface area contributed by atoms with E-state index in [1.807, 2.05) is 19.9 Å². The zero-order valence-corrected chi connectivity index (χ0v) is 11.7. The number of unbranched alkanes of at least 4 members (excludes halogenated alkanes) is 1. The summed E-state index contributed by atoms with van der Waals surface area (Å²) in [7, 11) is 0. The van der Waals surface area contributed by atoms with Gasteiger partial charge in [-0.3, -0.25) is 4.79 Å². The number of nitrogens with one attached hydrogen (secondary N) is 1. The molecular formula is C15H20N2O2. The molecule has 1 amide bonds. The minimum atomic E-state index is -0.0575. The zero-order valence-electron chi connectivity index (χ0n) is 11.7. The first-order valence-electron chi connectivity index (χ1n) is 6.80. The fourth-order valence-corrected chi connectivity index (χ4v) is 1.81. The molecule has 0 atom stereocenters. The van der Waals surface area contributed by atoms with Crippen LogP contribution < -0.4 is 5.32 Å². The predicted octanol–water partition coefficient (Wildman–Crippen LogP) is 3.48. The van der Waals surface area contributed by atoms with E-state index in [9.17, 15) is 4.79 Å². The van der Waals surface area contributed by atoms with E-state index < -0.39 is 0 Å². The Hall–Kier alpha value is -1.84. The van der Waals surface area contributed by atoms with Crippen LogP contribution in [0.25, 0.3) is 11.1 Å². The number of oxazole rings is 1. The summed E-state index contributed by atoms with van der Waals surface area (Å²) in [6, 6.07) is 5.38. The second-order valence-corrected chi connectivity index (χ2v) is 5.00. The van der Waals surface area contributed by atoms with Crippen LogP contribution in [0.4, 0.5) is 0 Å². The minimum Gasteiger partial charge on any atom is -0.440 e. The van der Waals surface area contributed by atoms with Gasteiger partial charge in [-0.1, -0.05) is 27.2 Å². The molecule has 0 aliphatic heterocycles. The van der Waals surface area contributed by atoms with E-state index in [-0.39, 0.29) is 11.8 Å². The van der Waals surface area contributed by atoms with E-state index in [4.69, 9.17) is 4.42 Å². The minimum absolute atomic E-state index is 0.0575. The van der Waals surface area contributed by atoms with E-state index in [0.29, 0.717) is 23.6 Å². The van der Waals surface area contributed by atoms with Crippen LogP contribution in [-0.2, 0) is 0 Å². The molecule has 1 N–H and O–H groups in total. The summed E-state index contributed by atoms with van der Waals surface area (Å²) < 4.78 is 5.65. The maximum absolute atomic E-state index is 11.9. The van der Waals surface area contributed by atoms with Crippen molar-refractivity contribution in [2.45, 2.75) is 39.5 Å². The van der Waals surface area contributed by atoms with Crippen molar-refractivity contribution in [3.05, 3.63) is 29.7 Å². The fourth-order valence-electron chi connectivity index (χ4n) is 1.81. The summed E-state index contributed by atoms with van der Waals surface area (Å²) >= 11 is 0. The molecule has 2 aromatic rings. The van der Waals surface area contributed by atoms with Crippen LogP contribution in [0.2, 0.25) is 0 Å². The van der Waals surface area contributed by atoms with Crippen molar-refractivity contribution in [3.8, 4) is 0 Å². The molecule has 2 rings (SSSR count). The third-order valence-corrected chi connectivity index (χ3v) is 2.98. The number of carbonyl (C=O) groups is 1. The van der Waals surface area contributed by atoms with Gasteiger partial charge in [0.15, 0.2) is 11.5 Å². The van der Waals surface area contributed by atoms with Crippen molar-refractivity contribution < 1.29 is 9.21 Å². The summed E-state index contributed by atoms with van der Waals surface area (Å²) in [6.07, 6.45) is 2.06. The summed E-state index contributed by atoms with van der Waals surface area (Å²) in [6.45, 7) is 6.87. The fraction of sp³-hybridized carbons (Fsp3) is 0.467. The van der Waals surface area contributed by atoms with Crippen molar-refractivity contribution in [1.29, 1.82) is 0 Å². The molecule has 0 radical (unpaired) electrons. The molecule has 0 bridgehead atoms. The average Bonchev–Trinajstić information content (AvgIpc) is 2.81. The molecule has 0 aliphatic carbocycles. The Labute approximate surface area is 113 Å². The molecule has 0 saturated carbocycles. The second kappa shape index (κ2) is 5.87. The van der Waals surface area contributed by atoms with Gasteiger partial charge in [0.25, 0.3) is 5.91 Å². The lowest BCUT2D eigenvalue weighted by molar-refractivity contribution is 0.0953. The van der Waals surface area contributed by atoms with E-state index in [2.05, 4.69) is 17.2 Å². The average molecular weight is 260 g/mol. The van der Waals surface area contributed by atoms with E-state index >= 15 is 0 Å². The summed E-state index contributed by atoms with van der Waals surface area (Å²) in [5, 5.41) is 2.89. The lowest BCUT2D eigenvalue weighted by Crippen LogP contribution is -2.24. The highest BCUT2D eigenvalue weighted by atomic mass is 16.3. The number of rotatable bonds is 5. The smallest absolute Gasteiger partial charge is 0.251 e. The molecule has 0 fully saturated rings. The number of carbonyl (C=O) groups excluding carboxylic acids is 1. The highest BCUT2D eigenvalue weighted by Gasteiger charge is 2.12. The van der Waals surface area contributed by atoms with E-state index in [1.165, 1.54) is 0 Å². The molecule has 4 heteroatoms. The van der Waals surface area contributed by atoms with Crippen LogP contribution in [-0.4, -0.2) is 17.4 Å². The number of benzene rings is 1. The standard InChI is InChI=1S/C15H20N2O2/c1-4-5-8-16-14(18)11-6-7-12-13(9-11)19-15(17-12)10(2)3/h6-7,9-10H,4-5,8H2,1-3H3,(H,16,18). The number of aromatic nitrogens is 1. The van der Waals surface area contributed by atoms with Crippen LogP contribution >= 0.6 is 0 Å². The van der Waals surface area contributed by atoms with Gasteiger partial charge in [-0.05, 0) is 24.6 Å². The van der Waals surface area contributed by atoms with Gasteiger partial charge in [-0.25, -0.2) is 4.98 Å². The third-order valence-electron chi connectivity index (χ3n) is 2.98. The highest BCUT2D eigenvalue weighted by molar-refractivity contribution is 5.96. The first-order chi connectivity index (χ1) is 9.11. The predicted molar refractivity (Wildman–Crippen MR) is 75.3 cm³/mol. The van der Waals surface area contributed by atoms with Gasteiger partial charge in [-0.2, -0.15) is 0 Å². The van der Waals surface area contributed by atoms with Crippen molar-refractivity contribution in [2.24, 2.45) is 0 Å². The molecule has 1 heterocycles. The van der Waals surface area contributed by atoms with Crippen LogP contribution in [0, 0.1) is 0 Å². The molecular weight excluding hydrogens is 240 g/mol. The zero-order chi connectivity index (χ0) is 13.8. The molecule has 102 valence electrons. The Bertz CT molecular complexity index is 573. The van der Waals surface area contributed by atoms with Gasteiger partial charge in [-0.15, -0.1) is 0 Å². The lowest BCUT2D eigenvalue weighted by Gasteiger charge is -2.03. The topological polar surface area (TPSA) is 55.1 Å². The maximum atomic E-state index is 11.9. The molecule has 4 nitrogen and oxygen atoms in total. The van der Waals surface area contributed by atoms with Gasteiger partial charge >= 0.3 is 0 Å². The maximum Gasteiger partial charge on any atom is 0.251 e. The van der Waals surface area contributed by atoms with Gasteiger partial charge in [0.2, 0.25) is 0 Å². The number of hydrogen-bond acceptors (Lipinski definition) is 3. The number of amides is 1. The molecule has 1 aromatic carbocycles. The van der Waals surface area contributed by atoms with Gasteiger partial charge in [0.05, 0.1) is 0 Å². The van der Waals surface area contributed by atoms with E-state index in [0.717, 1.165) is 18.4 Å². The Kier molecular flexibility index (Phi) is 4.20. The van der Waals surface area contributed by atoms with Gasteiger partial charge in [0.1, 0.15) is 5.52 Å². The van der Waals surface area contributed by atoms with Crippen molar-refractivity contribution in [1.82, 2.24) is 10.3 Å². The monoisotopic (exact) mass is 260 g/mol. The highest BCUT2D eigenvalue weighted by Crippen LogP contribution is 2.22. The summed E-state index contributed by atoms with van der Waals surface area (Å²) in [5.41, 5.74) is 2.09. The Morgan fingerprint density at radius 2 is 2.21 bits per heavy atom. The van der Waals surface area contributed by atoms with Crippen LogP contribution in [0.5, 0.6) is 0 Å². The Morgan fingerprint density at radius 3 is 2.89 bits per heavy atom. The number of nitrogens with zero attached hydrogens (tertiary/aromatic N) is 1. The quantitative estimate of drug-likeness (QED) is 0.837. The number of hydrogen-bond donors (Lipinski definition) is 1. The molecule has 0 unspecified atom stereocenters. The SMILES string of the molecule is CCCCNC(=O)c1ccc2nc(C(C)C)oc2c1. The van der Waals surface area contributed by atoms with Crippen LogP contribution in [0.1, 0.15) is 55.8 Å². The molecule has 19 heavy (non-hydrogen) atoms. The Balaban J connectivity index is 2.18. The van der Waals surface area contributed by atoms with Crippen molar-refractivity contribution in [3.63, 3.8) is 0 Å². The van der Waals surface area contributed by atoms with Crippen molar-refractivity contribution in [2.75, 3.05) is 6.54 Å². The van der Waals surface area contributed by atoms with Crippen LogP contribution in [0.15, 0.2) is 22.6 Å². The first kappa shape index (κ1) is 13.6. The molecule has 0 saturated heterocycles. The summed E-state index contributed by atoms with van der Waals surface area (Å²) in [4.78, 5) is 16.3. The lowest BCUT2D eigenvalue weighted by atomic mass is 10.2. The summed E-state index contributed by atoms with van der Waals surface area (Å²) in [5.74, 6) is 0.894.